The third kappa shape index (κ3) is 6.44. The number of piperidine rings is 1. The molecule has 0 amide bonds. The molecule has 0 aromatic heterocycles. The van der Waals surface area contributed by atoms with Crippen LogP contribution >= 0.6 is 12.2 Å². The van der Waals surface area contributed by atoms with Crippen molar-refractivity contribution in [2.45, 2.75) is 25.5 Å². The van der Waals surface area contributed by atoms with E-state index in [1.807, 2.05) is 30.3 Å². The minimum atomic E-state index is -0.380. The minimum Gasteiger partial charge on any atom is -0.490 e. The molecule has 0 bridgehead atoms. The summed E-state index contributed by atoms with van der Waals surface area (Å²) in [6.07, 6.45) is 2.43. The van der Waals surface area contributed by atoms with E-state index in [0.717, 1.165) is 42.9 Å². The van der Waals surface area contributed by atoms with E-state index >= 15 is 0 Å². The van der Waals surface area contributed by atoms with Gasteiger partial charge in [0.2, 0.25) is 0 Å². The third-order valence-corrected chi connectivity index (χ3v) is 5.13. The molecule has 6 nitrogen and oxygen atoms in total. The molecule has 2 N–H and O–H groups in total. The van der Waals surface area contributed by atoms with Gasteiger partial charge < -0.3 is 25.0 Å². The second-order valence-corrected chi connectivity index (χ2v) is 7.55. The lowest BCUT2D eigenvalue weighted by molar-refractivity contribution is 0.0601. The number of benzene rings is 2. The highest BCUT2D eigenvalue weighted by Crippen LogP contribution is 2.19. The molecule has 1 saturated heterocycles. The summed E-state index contributed by atoms with van der Waals surface area (Å²) in [6, 6.07) is 15.1. The molecule has 0 unspecified atom stereocenters. The molecule has 0 spiro atoms. The van der Waals surface area contributed by atoms with Gasteiger partial charge in [-0.25, -0.2) is 4.79 Å². The van der Waals surface area contributed by atoms with Gasteiger partial charge in [-0.3, -0.25) is 0 Å². The molecule has 7 heteroatoms. The summed E-state index contributed by atoms with van der Waals surface area (Å²) in [5, 5.41) is 6.74. The topological polar surface area (TPSA) is 62.8 Å². The number of anilines is 1. The molecule has 1 fully saturated rings. The van der Waals surface area contributed by atoms with E-state index in [0.29, 0.717) is 23.3 Å². The SMILES string of the molecule is COC(=O)c1cccc(NC(=S)NCc2ccc(OC3CCN(C)CC3)cc2)c1. The number of likely N-dealkylation sites (tertiary alicyclic amines) is 1. The summed E-state index contributed by atoms with van der Waals surface area (Å²) in [5.74, 6) is 0.527. The smallest absolute Gasteiger partial charge is 0.337 e. The van der Waals surface area contributed by atoms with Crippen molar-refractivity contribution in [1.82, 2.24) is 10.2 Å². The summed E-state index contributed by atoms with van der Waals surface area (Å²) in [5.41, 5.74) is 2.31. The van der Waals surface area contributed by atoms with E-state index in [9.17, 15) is 4.79 Å². The van der Waals surface area contributed by atoms with Gasteiger partial charge in [-0.2, -0.15) is 0 Å². The van der Waals surface area contributed by atoms with Crippen LogP contribution in [0.2, 0.25) is 0 Å². The van der Waals surface area contributed by atoms with Crippen LogP contribution in [0.3, 0.4) is 0 Å². The molecule has 0 radical (unpaired) electrons. The van der Waals surface area contributed by atoms with Crippen LogP contribution < -0.4 is 15.4 Å². The van der Waals surface area contributed by atoms with E-state index in [4.69, 9.17) is 21.7 Å². The molecule has 0 saturated carbocycles. The maximum Gasteiger partial charge on any atom is 0.337 e. The number of nitrogens with one attached hydrogen (secondary N) is 2. The van der Waals surface area contributed by atoms with Crippen molar-refractivity contribution < 1.29 is 14.3 Å². The number of hydrogen-bond acceptors (Lipinski definition) is 5. The van der Waals surface area contributed by atoms with Gasteiger partial charge in [0.1, 0.15) is 11.9 Å². The van der Waals surface area contributed by atoms with E-state index in [1.54, 1.807) is 18.2 Å². The lowest BCUT2D eigenvalue weighted by atomic mass is 10.1. The molecular formula is C22H27N3O3S. The van der Waals surface area contributed by atoms with E-state index < -0.39 is 0 Å². The van der Waals surface area contributed by atoms with Crippen LogP contribution in [0, 0.1) is 0 Å². The summed E-state index contributed by atoms with van der Waals surface area (Å²) in [7, 11) is 3.51. The first-order valence-corrected chi connectivity index (χ1v) is 10.1. The van der Waals surface area contributed by atoms with Gasteiger partial charge in [0.15, 0.2) is 5.11 Å². The first-order chi connectivity index (χ1) is 14.0. The van der Waals surface area contributed by atoms with E-state index in [-0.39, 0.29) is 5.97 Å². The second-order valence-electron chi connectivity index (χ2n) is 7.14. The zero-order valence-corrected chi connectivity index (χ0v) is 17.6. The maximum absolute atomic E-state index is 11.6. The van der Waals surface area contributed by atoms with Gasteiger partial charge in [-0.1, -0.05) is 18.2 Å². The number of rotatable bonds is 6. The Kier molecular flexibility index (Phi) is 7.43. The molecule has 1 aliphatic rings. The van der Waals surface area contributed by atoms with Crippen LogP contribution in [-0.2, 0) is 11.3 Å². The van der Waals surface area contributed by atoms with Crippen molar-refractivity contribution in [2.75, 3.05) is 32.6 Å². The Labute approximate surface area is 177 Å². The normalized spacial score (nSPS) is 14.8. The van der Waals surface area contributed by atoms with E-state index in [2.05, 4.69) is 22.6 Å². The van der Waals surface area contributed by atoms with Crippen LogP contribution in [0.1, 0.15) is 28.8 Å². The van der Waals surface area contributed by atoms with Crippen molar-refractivity contribution in [3.05, 3.63) is 59.7 Å². The molecule has 1 aliphatic heterocycles. The Morgan fingerprint density at radius 2 is 1.90 bits per heavy atom. The van der Waals surface area contributed by atoms with Crippen LogP contribution in [0.15, 0.2) is 48.5 Å². The Morgan fingerprint density at radius 1 is 1.17 bits per heavy atom. The summed E-state index contributed by atoms with van der Waals surface area (Å²) in [6.45, 7) is 2.76. The largest absolute Gasteiger partial charge is 0.490 e. The minimum absolute atomic E-state index is 0.299. The van der Waals surface area contributed by atoms with Crippen molar-refractivity contribution in [1.29, 1.82) is 0 Å². The fourth-order valence-electron chi connectivity index (χ4n) is 3.18. The number of carbonyl (C=O) groups excluding carboxylic acids is 1. The first kappa shape index (κ1) is 21.1. The highest BCUT2D eigenvalue weighted by Gasteiger charge is 2.17. The Balaban J connectivity index is 1.46. The second kappa shape index (κ2) is 10.2. The first-order valence-electron chi connectivity index (χ1n) is 9.71. The average Bonchev–Trinajstić information content (AvgIpc) is 2.74. The van der Waals surface area contributed by atoms with Crippen molar-refractivity contribution in [3.8, 4) is 5.75 Å². The number of ether oxygens (including phenoxy) is 2. The fraction of sp³-hybridized carbons (Fsp3) is 0.364. The predicted molar refractivity (Wildman–Crippen MR) is 118 cm³/mol. The lowest BCUT2D eigenvalue weighted by Crippen LogP contribution is -2.35. The van der Waals surface area contributed by atoms with E-state index in [1.165, 1.54) is 7.11 Å². The van der Waals surface area contributed by atoms with Gasteiger partial charge in [0.05, 0.1) is 12.7 Å². The van der Waals surface area contributed by atoms with Crippen LogP contribution in [0.4, 0.5) is 5.69 Å². The Hall–Kier alpha value is -2.64. The third-order valence-electron chi connectivity index (χ3n) is 4.89. The number of thiocarbonyl (C=S) groups is 1. The standard InChI is InChI=1S/C22H27N3O3S/c1-25-12-10-20(11-13-25)28-19-8-6-16(7-9-19)15-23-22(29)24-18-5-3-4-17(14-18)21(26)27-2/h3-9,14,20H,10-13,15H2,1-2H3,(H2,23,24,29). The number of esters is 1. The van der Waals surface area contributed by atoms with Gasteiger partial charge in [0, 0.05) is 25.3 Å². The number of methoxy groups -OCH3 is 1. The van der Waals surface area contributed by atoms with Gasteiger partial charge >= 0.3 is 5.97 Å². The molecule has 2 aromatic carbocycles. The molecule has 2 aromatic rings. The molecule has 1 heterocycles. The Morgan fingerprint density at radius 3 is 2.59 bits per heavy atom. The van der Waals surface area contributed by atoms with Gasteiger partial charge in [-0.15, -0.1) is 0 Å². The molecule has 154 valence electrons. The number of hydrogen-bond donors (Lipinski definition) is 2. The van der Waals surface area contributed by atoms with Gasteiger partial charge in [-0.05, 0) is 68.0 Å². The summed E-state index contributed by atoms with van der Waals surface area (Å²) < 4.78 is 10.8. The summed E-state index contributed by atoms with van der Waals surface area (Å²) in [4.78, 5) is 13.9. The van der Waals surface area contributed by atoms with Crippen LogP contribution in [0.25, 0.3) is 0 Å². The molecule has 29 heavy (non-hydrogen) atoms. The molecule has 3 rings (SSSR count). The predicted octanol–water partition coefficient (Wildman–Crippen LogP) is 3.43. The van der Waals surface area contributed by atoms with Gasteiger partial charge in [0.25, 0.3) is 0 Å². The van der Waals surface area contributed by atoms with Crippen molar-refractivity contribution in [3.63, 3.8) is 0 Å². The zero-order chi connectivity index (χ0) is 20.6. The quantitative estimate of drug-likeness (QED) is 0.556. The fourth-order valence-corrected chi connectivity index (χ4v) is 3.37. The summed E-state index contributed by atoms with van der Waals surface area (Å²) >= 11 is 5.35. The maximum atomic E-state index is 11.6. The number of nitrogens with zero attached hydrogens (tertiary/aromatic N) is 1. The van der Waals surface area contributed by atoms with Crippen molar-refractivity contribution >= 4 is 29.0 Å². The average molecular weight is 414 g/mol. The molecular weight excluding hydrogens is 386 g/mol. The zero-order valence-electron chi connectivity index (χ0n) is 16.8. The number of carbonyl (C=O) groups is 1. The monoisotopic (exact) mass is 413 g/mol. The van der Waals surface area contributed by atoms with Crippen LogP contribution in [-0.4, -0.2) is 49.3 Å². The van der Waals surface area contributed by atoms with Crippen molar-refractivity contribution in [2.24, 2.45) is 0 Å². The molecule has 0 aliphatic carbocycles. The highest BCUT2D eigenvalue weighted by molar-refractivity contribution is 7.80. The Bertz CT molecular complexity index is 833. The lowest BCUT2D eigenvalue weighted by Gasteiger charge is -2.29. The highest BCUT2D eigenvalue weighted by atomic mass is 32.1. The molecule has 0 atom stereocenters. The van der Waals surface area contributed by atoms with Crippen LogP contribution in [0.5, 0.6) is 5.75 Å².